The molecule has 0 saturated carbocycles. The number of hydrogen-bond acceptors (Lipinski definition) is 4. The van der Waals surface area contributed by atoms with Gasteiger partial charge < -0.3 is 5.11 Å². The molecule has 1 rings (SSSR count). The fourth-order valence-electron chi connectivity index (χ4n) is 0.892. The molecule has 11 heavy (non-hydrogen) atoms. The predicted octanol–water partition coefficient (Wildman–Crippen LogP) is -2.45. The van der Waals surface area contributed by atoms with Gasteiger partial charge in [-0.15, -0.1) is 0 Å². The molecule has 5 heteroatoms. The van der Waals surface area contributed by atoms with E-state index in [4.69, 9.17) is 5.41 Å². The number of rotatable bonds is 1. The summed E-state index contributed by atoms with van der Waals surface area (Å²) in [6, 6.07) is 0. The third kappa shape index (κ3) is 1.27. The fraction of sp³-hybridized carbons (Fsp3) is 0.500. The van der Waals surface area contributed by atoms with Gasteiger partial charge in [0.2, 0.25) is 0 Å². The second-order valence-corrected chi connectivity index (χ2v) is 2.28. The van der Waals surface area contributed by atoms with Crippen LogP contribution in [-0.4, -0.2) is 35.5 Å². The Bertz CT molecular complexity index is 243. The summed E-state index contributed by atoms with van der Waals surface area (Å²) < 4.78 is 0. The summed E-state index contributed by atoms with van der Waals surface area (Å²) >= 11 is 0. The van der Waals surface area contributed by atoms with Gasteiger partial charge in [-0.25, -0.2) is 0 Å². The molecule has 0 spiro atoms. The van der Waals surface area contributed by atoms with E-state index in [-0.39, 0.29) is 0 Å². The van der Waals surface area contributed by atoms with Crippen LogP contribution < -0.4 is 10.8 Å². The van der Waals surface area contributed by atoms with Crippen molar-refractivity contribution >= 4 is 17.1 Å². The van der Waals surface area contributed by atoms with Gasteiger partial charge in [0.1, 0.15) is 5.71 Å². The first-order valence-electron chi connectivity index (χ1n) is 3.24. The van der Waals surface area contributed by atoms with Gasteiger partial charge in [0, 0.05) is 14.0 Å². The summed E-state index contributed by atoms with van der Waals surface area (Å²) in [5, 5.41) is 18.5. The summed E-state index contributed by atoms with van der Waals surface area (Å²) in [4.78, 5) is 3.84. The molecule has 0 aromatic heterocycles. The summed E-state index contributed by atoms with van der Waals surface area (Å²) in [5.74, 6) is 0. The van der Waals surface area contributed by atoms with E-state index < -0.39 is 6.23 Å². The van der Waals surface area contributed by atoms with E-state index in [9.17, 15) is 5.11 Å². The zero-order valence-electron chi connectivity index (χ0n) is 6.50. The molecule has 0 saturated heterocycles. The Hall–Kier alpha value is -1.23. The molecule has 60 valence electrons. The van der Waals surface area contributed by atoms with Crippen LogP contribution >= 0.6 is 0 Å². The van der Waals surface area contributed by atoms with Gasteiger partial charge in [-0.2, -0.15) is 5.10 Å². The zero-order valence-corrected chi connectivity index (χ0v) is 6.50. The largest absolute Gasteiger partial charge is 0.367 e. The van der Waals surface area contributed by atoms with Crippen molar-refractivity contribution in [3.63, 3.8) is 0 Å². The number of nitrogens with one attached hydrogen (secondary N) is 1. The highest BCUT2D eigenvalue weighted by Gasteiger charge is 2.27. The second-order valence-electron chi connectivity index (χ2n) is 2.28. The molecule has 0 aromatic rings. The molecule has 5 nitrogen and oxygen atoms in total. The van der Waals surface area contributed by atoms with Gasteiger partial charge in [-0.1, -0.05) is 0 Å². The summed E-state index contributed by atoms with van der Waals surface area (Å²) in [7, 11) is 1.59. The van der Waals surface area contributed by atoms with Crippen LogP contribution in [0.2, 0.25) is 0 Å². The molecule has 1 aliphatic heterocycles. The maximum atomic E-state index is 9.18. The number of aliphatic hydroxyl groups is 1. The van der Waals surface area contributed by atoms with Gasteiger partial charge in [0.05, 0.1) is 0 Å². The van der Waals surface area contributed by atoms with Crippen molar-refractivity contribution < 1.29 is 10.5 Å². The molecular weight excluding hydrogens is 144 g/mol. The monoisotopic (exact) mass is 155 g/mol. The van der Waals surface area contributed by atoms with Gasteiger partial charge >= 0.3 is 0 Å². The molecule has 1 heterocycles. The first-order chi connectivity index (χ1) is 5.16. The van der Waals surface area contributed by atoms with Crippen molar-refractivity contribution in [3.05, 3.63) is 0 Å². The lowest BCUT2D eigenvalue weighted by Crippen LogP contribution is -2.46. The van der Waals surface area contributed by atoms with E-state index in [0.717, 1.165) is 0 Å². The average molecular weight is 155 g/mol. The Labute approximate surface area is 64.3 Å². The molecule has 0 bridgehead atoms. The first kappa shape index (κ1) is 7.87. The first-order valence-corrected chi connectivity index (χ1v) is 3.24. The Morgan fingerprint density at radius 1 is 1.82 bits per heavy atom. The number of aliphatic hydroxyl groups excluding tert-OH is 1. The quantitative estimate of drug-likeness (QED) is 0.367. The minimum absolute atomic E-state index is 0.491. The lowest BCUT2D eigenvalue weighted by molar-refractivity contribution is -0.110. The summed E-state index contributed by atoms with van der Waals surface area (Å²) in [6.07, 6.45) is -0.812. The van der Waals surface area contributed by atoms with Crippen molar-refractivity contribution in [2.75, 3.05) is 7.05 Å². The molecule has 1 atom stereocenters. The van der Waals surface area contributed by atoms with Crippen LogP contribution in [-0.2, 0) is 0 Å². The molecule has 4 N–H and O–H groups in total. The lowest BCUT2D eigenvalue weighted by Gasteiger charge is -2.00. The number of hydrazone groups is 1. The van der Waals surface area contributed by atoms with Crippen molar-refractivity contribution in [2.24, 2.45) is 10.1 Å². The minimum Gasteiger partial charge on any atom is -0.367 e. The van der Waals surface area contributed by atoms with E-state index in [0.29, 0.717) is 17.1 Å². The highest BCUT2D eigenvalue weighted by Crippen LogP contribution is 1.97. The number of nitrogens with zero attached hydrogens (tertiary/aromatic N) is 2. The second kappa shape index (κ2) is 2.79. The minimum atomic E-state index is -0.812. The fourth-order valence-corrected chi connectivity index (χ4v) is 0.892. The molecule has 1 aliphatic rings. The zero-order chi connectivity index (χ0) is 8.43. The smallest absolute Gasteiger partial charge is 0.199 e. The summed E-state index contributed by atoms with van der Waals surface area (Å²) in [5.41, 5.74) is 4.05. The van der Waals surface area contributed by atoms with Gasteiger partial charge in [-0.05, 0) is 0 Å². The molecular formula is C6H11N4O+. The van der Waals surface area contributed by atoms with Crippen LogP contribution in [0.15, 0.2) is 10.1 Å². The van der Waals surface area contributed by atoms with Crippen molar-refractivity contribution in [2.45, 2.75) is 13.2 Å². The van der Waals surface area contributed by atoms with Crippen LogP contribution in [0.5, 0.6) is 0 Å². The van der Waals surface area contributed by atoms with Gasteiger partial charge in [-0.3, -0.25) is 15.8 Å². The van der Waals surface area contributed by atoms with E-state index in [2.05, 4.69) is 15.5 Å². The molecule has 0 amide bonds. The number of aliphatic imine (C=N–C) groups is 1. The van der Waals surface area contributed by atoms with Crippen molar-refractivity contribution in [3.8, 4) is 0 Å². The van der Waals surface area contributed by atoms with Gasteiger partial charge in [0.15, 0.2) is 17.7 Å². The van der Waals surface area contributed by atoms with E-state index in [1.54, 1.807) is 14.0 Å². The maximum Gasteiger partial charge on any atom is 0.199 e. The molecule has 0 aromatic carbocycles. The third-order valence-electron chi connectivity index (χ3n) is 1.41. The highest BCUT2D eigenvalue weighted by atomic mass is 16.3. The lowest BCUT2D eigenvalue weighted by atomic mass is 10.1. The van der Waals surface area contributed by atoms with Crippen LogP contribution in [0.3, 0.4) is 0 Å². The van der Waals surface area contributed by atoms with Crippen LogP contribution in [0, 0.1) is 0 Å². The maximum absolute atomic E-state index is 9.18. The Morgan fingerprint density at radius 3 is 2.82 bits per heavy atom. The Balaban J connectivity index is 2.92. The standard InChI is InChI=1S/C6H10N4O/c1-3(7)4-5(8-2)6(11)10-9-4/h6-7,10-11H,1-2H3/p+1. The molecule has 0 radical (unpaired) electrons. The van der Waals surface area contributed by atoms with E-state index in [1.807, 2.05) is 0 Å². The normalized spacial score (nSPS) is 26.6. The third-order valence-corrected chi connectivity index (χ3v) is 1.41. The van der Waals surface area contributed by atoms with E-state index >= 15 is 0 Å². The predicted molar refractivity (Wildman–Crippen MR) is 42.5 cm³/mol. The van der Waals surface area contributed by atoms with Crippen LogP contribution in [0.4, 0.5) is 0 Å². The molecule has 1 unspecified atom stereocenters. The Kier molecular flexibility index (Phi) is 2.00. The number of nitrogens with two attached hydrogens (primary N) is 1. The van der Waals surface area contributed by atoms with Crippen LogP contribution in [0.25, 0.3) is 0 Å². The van der Waals surface area contributed by atoms with Crippen molar-refractivity contribution in [1.82, 2.24) is 5.43 Å². The highest BCUT2D eigenvalue weighted by molar-refractivity contribution is 6.68. The van der Waals surface area contributed by atoms with Crippen molar-refractivity contribution in [1.29, 1.82) is 0 Å². The Morgan fingerprint density at radius 2 is 2.45 bits per heavy atom. The molecule has 0 fully saturated rings. The SMILES string of the molecule is CN=C1C(C(C)=[NH2+])=NNC1O. The topological polar surface area (TPSA) is 82.6 Å². The summed E-state index contributed by atoms with van der Waals surface area (Å²) in [6.45, 7) is 1.71. The average Bonchev–Trinajstić information content (AvgIpc) is 2.30. The molecule has 0 aliphatic carbocycles. The van der Waals surface area contributed by atoms with Gasteiger partial charge in [0.25, 0.3) is 0 Å². The van der Waals surface area contributed by atoms with Crippen LogP contribution in [0.1, 0.15) is 6.92 Å². The number of hydrogen-bond donors (Lipinski definition) is 3. The van der Waals surface area contributed by atoms with E-state index in [1.165, 1.54) is 0 Å².